The van der Waals surface area contributed by atoms with Crippen molar-refractivity contribution in [3.63, 3.8) is 0 Å². The molecule has 0 unspecified atom stereocenters. The van der Waals surface area contributed by atoms with Gasteiger partial charge in [-0.15, -0.1) is 0 Å². The van der Waals surface area contributed by atoms with Crippen LogP contribution in [0.3, 0.4) is 0 Å². The lowest BCUT2D eigenvalue weighted by Gasteiger charge is -2.36. The standard InChI is InChI=1S/C26H28N6O/c1-16-11-22-24(19-7-5-4-6-8-19)29-26(30-25(22)28-18(16)3)31-13-17(2)33-23(15-31)20-12-27-32(14-20)21-9-10-21/h4-8,11-12,14,17,21,23H,9-10,13,15H2,1-3H3/t17-,23-/m1/s1. The van der Waals surface area contributed by atoms with Gasteiger partial charge in [0.1, 0.15) is 6.10 Å². The summed E-state index contributed by atoms with van der Waals surface area (Å²) >= 11 is 0. The summed E-state index contributed by atoms with van der Waals surface area (Å²) in [6, 6.07) is 13.0. The Kier molecular flexibility index (Phi) is 4.87. The van der Waals surface area contributed by atoms with E-state index in [0.717, 1.165) is 45.7 Å². The van der Waals surface area contributed by atoms with Crippen molar-refractivity contribution in [1.82, 2.24) is 24.7 Å². The van der Waals surface area contributed by atoms with Gasteiger partial charge < -0.3 is 9.64 Å². The highest BCUT2D eigenvalue weighted by Crippen LogP contribution is 2.36. The molecule has 33 heavy (non-hydrogen) atoms. The van der Waals surface area contributed by atoms with Crippen LogP contribution in [0.1, 0.15) is 48.7 Å². The van der Waals surface area contributed by atoms with Gasteiger partial charge in [-0.1, -0.05) is 30.3 Å². The Morgan fingerprint density at radius 3 is 2.61 bits per heavy atom. The van der Waals surface area contributed by atoms with Gasteiger partial charge in [-0.2, -0.15) is 10.1 Å². The summed E-state index contributed by atoms with van der Waals surface area (Å²) in [5, 5.41) is 5.55. The largest absolute Gasteiger partial charge is 0.367 e. The van der Waals surface area contributed by atoms with Crippen LogP contribution < -0.4 is 4.90 Å². The Morgan fingerprint density at radius 1 is 1.00 bits per heavy atom. The van der Waals surface area contributed by atoms with Crippen molar-refractivity contribution in [2.24, 2.45) is 0 Å². The fourth-order valence-corrected chi connectivity index (χ4v) is 4.55. The fraction of sp³-hybridized carbons (Fsp3) is 0.385. The first-order valence-corrected chi connectivity index (χ1v) is 11.7. The van der Waals surface area contributed by atoms with E-state index < -0.39 is 0 Å². The van der Waals surface area contributed by atoms with Crippen LogP contribution in [0.15, 0.2) is 48.8 Å². The van der Waals surface area contributed by atoms with Crippen molar-refractivity contribution in [1.29, 1.82) is 0 Å². The van der Waals surface area contributed by atoms with Gasteiger partial charge in [-0.05, 0) is 45.2 Å². The van der Waals surface area contributed by atoms with E-state index in [9.17, 15) is 0 Å². The third kappa shape index (κ3) is 3.86. The smallest absolute Gasteiger partial charge is 0.228 e. The zero-order valence-electron chi connectivity index (χ0n) is 19.3. The lowest BCUT2D eigenvalue weighted by Crippen LogP contribution is -2.43. The highest BCUT2D eigenvalue weighted by Gasteiger charge is 2.31. The molecule has 6 rings (SSSR count). The zero-order valence-corrected chi connectivity index (χ0v) is 19.3. The van der Waals surface area contributed by atoms with Crippen LogP contribution >= 0.6 is 0 Å². The molecular formula is C26H28N6O. The Labute approximate surface area is 193 Å². The Morgan fingerprint density at radius 2 is 1.82 bits per heavy atom. The monoisotopic (exact) mass is 440 g/mol. The zero-order chi connectivity index (χ0) is 22.5. The number of morpholine rings is 1. The van der Waals surface area contributed by atoms with E-state index in [0.29, 0.717) is 18.5 Å². The summed E-state index contributed by atoms with van der Waals surface area (Å²) in [4.78, 5) is 17.0. The summed E-state index contributed by atoms with van der Waals surface area (Å²) in [6.45, 7) is 7.64. The topological polar surface area (TPSA) is 69.0 Å². The number of aryl methyl sites for hydroxylation is 2. The molecule has 0 amide bonds. The molecule has 1 aromatic carbocycles. The quantitative estimate of drug-likeness (QED) is 0.454. The SMILES string of the molecule is Cc1cc2c(-c3ccccc3)nc(N3C[C@@H](C)O[C@@H](c4cnn(C5CC5)c4)C3)nc2nc1C. The van der Waals surface area contributed by atoms with Crippen LogP contribution in [0.2, 0.25) is 0 Å². The average Bonchev–Trinajstić information content (AvgIpc) is 3.55. The number of nitrogens with zero attached hydrogens (tertiary/aromatic N) is 6. The number of pyridine rings is 1. The average molecular weight is 441 g/mol. The maximum atomic E-state index is 6.31. The van der Waals surface area contributed by atoms with Crippen molar-refractivity contribution in [2.45, 2.75) is 51.9 Å². The Hall–Kier alpha value is -3.32. The van der Waals surface area contributed by atoms with Gasteiger partial charge in [-0.3, -0.25) is 4.68 Å². The lowest BCUT2D eigenvalue weighted by molar-refractivity contribution is -0.0178. The van der Waals surface area contributed by atoms with Crippen LogP contribution in [-0.4, -0.2) is 43.9 Å². The number of hydrogen-bond acceptors (Lipinski definition) is 6. The molecule has 168 valence electrons. The molecule has 7 heteroatoms. The van der Waals surface area contributed by atoms with Crippen LogP contribution in [0.5, 0.6) is 0 Å². The maximum absolute atomic E-state index is 6.31. The molecule has 2 aliphatic rings. The normalized spacial score (nSPS) is 21.0. The third-order valence-corrected chi connectivity index (χ3v) is 6.62. The van der Waals surface area contributed by atoms with Gasteiger partial charge in [0.05, 0.1) is 30.6 Å². The van der Waals surface area contributed by atoms with Crippen molar-refractivity contribution < 1.29 is 4.74 Å². The van der Waals surface area contributed by atoms with E-state index in [1.54, 1.807) is 0 Å². The summed E-state index contributed by atoms with van der Waals surface area (Å²) in [5.74, 6) is 0.701. The van der Waals surface area contributed by atoms with Gasteiger partial charge in [0.25, 0.3) is 0 Å². The van der Waals surface area contributed by atoms with Crippen LogP contribution in [0.4, 0.5) is 5.95 Å². The summed E-state index contributed by atoms with van der Waals surface area (Å²) in [7, 11) is 0. The summed E-state index contributed by atoms with van der Waals surface area (Å²) in [6.07, 6.45) is 6.52. The number of aromatic nitrogens is 5. The molecule has 4 heterocycles. The summed E-state index contributed by atoms with van der Waals surface area (Å²) < 4.78 is 8.39. The van der Waals surface area contributed by atoms with E-state index in [2.05, 4.69) is 52.9 Å². The van der Waals surface area contributed by atoms with E-state index in [1.165, 1.54) is 12.8 Å². The van der Waals surface area contributed by atoms with E-state index in [-0.39, 0.29) is 12.2 Å². The van der Waals surface area contributed by atoms with E-state index >= 15 is 0 Å². The molecular weight excluding hydrogens is 412 g/mol. The van der Waals surface area contributed by atoms with E-state index in [4.69, 9.17) is 19.7 Å². The number of hydrogen-bond donors (Lipinski definition) is 0. The highest BCUT2D eigenvalue weighted by molar-refractivity contribution is 5.91. The second-order valence-electron chi connectivity index (χ2n) is 9.33. The molecule has 4 aromatic rings. The minimum atomic E-state index is -0.0616. The van der Waals surface area contributed by atoms with Crippen molar-refractivity contribution in [3.05, 3.63) is 65.6 Å². The Balaban J connectivity index is 1.41. The molecule has 1 aliphatic heterocycles. The van der Waals surface area contributed by atoms with Gasteiger partial charge in [0.2, 0.25) is 5.95 Å². The fourth-order valence-electron chi connectivity index (χ4n) is 4.55. The van der Waals surface area contributed by atoms with Crippen molar-refractivity contribution in [2.75, 3.05) is 18.0 Å². The van der Waals surface area contributed by atoms with Crippen molar-refractivity contribution >= 4 is 17.0 Å². The molecule has 7 nitrogen and oxygen atoms in total. The van der Waals surface area contributed by atoms with Gasteiger partial charge >= 0.3 is 0 Å². The summed E-state index contributed by atoms with van der Waals surface area (Å²) in [5.41, 5.74) is 5.98. The van der Waals surface area contributed by atoms with Crippen LogP contribution in [0.25, 0.3) is 22.3 Å². The maximum Gasteiger partial charge on any atom is 0.228 e. The first-order valence-electron chi connectivity index (χ1n) is 11.7. The van der Waals surface area contributed by atoms with E-state index in [1.807, 2.05) is 31.3 Å². The predicted octanol–water partition coefficient (Wildman–Crippen LogP) is 4.81. The molecule has 0 N–H and O–H groups in total. The van der Waals surface area contributed by atoms with Gasteiger partial charge in [0, 0.05) is 34.9 Å². The Bertz CT molecular complexity index is 1310. The minimum Gasteiger partial charge on any atom is -0.367 e. The molecule has 0 bridgehead atoms. The van der Waals surface area contributed by atoms with Crippen LogP contribution in [0, 0.1) is 13.8 Å². The number of anilines is 1. The molecule has 1 aliphatic carbocycles. The molecule has 1 saturated carbocycles. The lowest BCUT2D eigenvalue weighted by atomic mass is 10.1. The van der Waals surface area contributed by atoms with Crippen LogP contribution in [-0.2, 0) is 4.74 Å². The number of benzene rings is 1. The molecule has 2 fully saturated rings. The molecule has 3 aromatic heterocycles. The predicted molar refractivity (Wildman–Crippen MR) is 128 cm³/mol. The van der Waals surface area contributed by atoms with Gasteiger partial charge in [-0.25, -0.2) is 9.97 Å². The molecule has 0 spiro atoms. The second-order valence-corrected chi connectivity index (χ2v) is 9.33. The first-order chi connectivity index (χ1) is 16.0. The number of rotatable bonds is 4. The molecule has 2 atom stereocenters. The second kappa shape index (κ2) is 7.92. The number of ether oxygens (including phenoxy) is 1. The van der Waals surface area contributed by atoms with Crippen molar-refractivity contribution in [3.8, 4) is 11.3 Å². The molecule has 1 saturated heterocycles. The molecule has 0 radical (unpaired) electrons. The van der Waals surface area contributed by atoms with Gasteiger partial charge in [0.15, 0.2) is 5.65 Å². The third-order valence-electron chi connectivity index (χ3n) is 6.62. The first kappa shape index (κ1) is 20.3. The highest BCUT2D eigenvalue weighted by atomic mass is 16.5. The number of fused-ring (bicyclic) bond motifs is 1. The minimum absolute atomic E-state index is 0.0558.